The van der Waals surface area contributed by atoms with E-state index in [-0.39, 0.29) is 17.6 Å². The number of rotatable bonds is 8. The highest BCUT2D eigenvalue weighted by Gasteiger charge is 2.37. The molecule has 0 N–H and O–H groups in total. The first-order chi connectivity index (χ1) is 15.4. The van der Waals surface area contributed by atoms with E-state index in [2.05, 4.69) is 25.3 Å². The van der Waals surface area contributed by atoms with Crippen LogP contribution in [0.5, 0.6) is 0 Å². The number of fused-ring (bicyclic) bond motifs is 1. The van der Waals surface area contributed by atoms with Gasteiger partial charge in [-0.1, -0.05) is 11.6 Å². The van der Waals surface area contributed by atoms with Gasteiger partial charge in [-0.3, -0.25) is 4.68 Å². The number of halogens is 1. The first kappa shape index (κ1) is 21.5. The van der Waals surface area contributed by atoms with Crippen LogP contribution in [0.4, 0.5) is 0 Å². The Labute approximate surface area is 190 Å². The summed E-state index contributed by atoms with van der Waals surface area (Å²) in [7, 11) is -2.22. The van der Waals surface area contributed by atoms with Gasteiger partial charge >= 0.3 is 0 Å². The lowest BCUT2D eigenvalue weighted by Crippen LogP contribution is -2.30. The molecule has 10 nitrogen and oxygen atoms in total. The van der Waals surface area contributed by atoms with Crippen molar-refractivity contribution in [2.75, 3.05) is 7.11 Å². The summed E-state index contributed by atoms with van der Waals surface area (Å²) in [6.07, 6.45) is 7.80. The second-order valence-corrected chi connectivity index (χ2v) is 11.1. The van der Waals surface area contributed by atoms with Gasteiger partial charge in [-0.05, 0) is 32.6 Å². The molecule has 2 atom stereocenters. The maximum Gasteiger partial charge on any atom is 0.167 e. The standard InChI is InChI=1S/C20H24ClN7O3S/c1-12(18(31-2)19-22-8-13(21)9-23-19)32(29,30)11-17-25-26-20(28(17)14-5-6-14)15-10-24-27-7-3-4-16(15)27/h8-10,12,14,18H,3-7,11H2,1-2H3/t12-,18-/m0/s1. The predicted molar refractivity (Wildman–Crippen MR) is 117 cm³/mol. The van der Waals surface area contributed by atoms with Crippen molar-refractivity contribution in [3.63, 3.8) is 0 Å². The number of hydrogen-bond acceptors (Lipinski definition) is 8. The molecule has 5 rings (SSSR count). The van der Waals surface area contributed by atoms with Crippen LogP contribution >= 0.6 is 11.6 Å². The molecule has 12 heteroatoms. The quantitative estimate of drug-likeness (QED) is 0.485. The van der Waals surface area contributed by atoms with Crippen LogP contribution in [0.2, 0.25) is 5.02 Å². The number of aromatic nitrogens is 7. The van der Waals surface area contributed by atoms with Crippen molar-refractivity contribution < 1.29 is 13.2 Å². The lowest BCUT2D eigenvalue weighted by Gasteiger charge is -2.21. The van der Waals surface area contributed by atoms with Crippen LogP contribution in [0.15, 0.2) is 18.6 Å². The molecule has 1 saturated carbocycles. The summed E-state index contributed by atoms with van der Waals surface area (Å²) >= 11 is 5.86. The molecule has 0 unspecified atom stereocenters. The smallest absolute Gasteiger partial charge is 0.167 e. The van der Waals surface area contributed by atoms with E-state index in [4.69, 9.17) is 16.3 Å². The molecule has 0 radical (unpaired) electrons. The molecule has 1 aliphatic heterocycles. The number of ether oxygens (including phenoxy) is 1. The van der Waals surface area contributed by atoms with E-state index in [1.807, 2.05) is 15.4 Å². The Morgan fingerprint density at radius 1 is 1.22 bits per heavy atom. The van der Waals surface area contributed by atoms with Crippen LogP contribution in [0.25, 0.3) is 11.4 Å². The Morgan fingerprint density at radius 2 is 1.97 bits per heavy atom. The molecule has 1 fully saturated rings. The molecule has 3 aromatic rings. The summed E-state index contributed by atoms with van der Waals surface area (Å²) in [4.78, 5) is 8.29. The van der Waals surface area contributed by atoms with Gasteiger partial charge in [0.2, 0.25) is 0 Å². The van der Waals surface area contributed by atoms with E-state index in [1.54, 1.807) is 6.92 Å². The lowest BCUT2D eigenvalue weighted by molar-refractivity contribution is 0.0948. The Morgan fingerprint density at radius 3 is 2.66 bits per heavy atom. The molecule has 0 bridgehead atoms. The van der Waals surface area contributed by atoms with Crippen molar-refractivity contribution in [2.45, 2.75) is 62.3 Å². The van der Waals surface area contributed by atoms with Gasteiger partial charge < -0.3 is 9.30 Å². The molecule has 1 aliphatic carbocycles. The molecule has 4 heterocycles. The molecular weight excluding hydrogens is 454 g/mol. The van der Waals surface area contributed by atoms with Crippen molar-refractivity contribution in [2.24, 2.45) is 0 Å². The Bertz CT molecular complexity index is 1230. The highest BCUT2D eigenvalue weighted by molar-refractivity contribution is 7.91. The third kappa shape index (κ3) is 3.82. The lowest BCUT2D eigenvalue weighted by atomic mass is 10.2. The molecule has 2 aliphatic rings. The molecule has 0 aromatic carbocycles. The summed E-state index contributed by atoms with van der Waals surface area (Å²) < 4.78 is 36.2. The molecule has 0 spiro atoms. The van der Waals surface area contributed by atoms with Crippen LogP contribution in [0.1, 0.15) is 55.7 Å². The fourth-order valence-corrected chi connectivity index (χ4v) is 5.77. The minimum atomic E-state index is -3.66. The van der Waals surface area contributed by atoms with Crippen LogP contribution < -0.4 is 0 Å². The van der Waals surface area contributed by atoms with Crippen LogP contribution in [0, 0.1) is 0 Å². The van der Waals surface area contributed by atoms with Gasteiger partial charge in [0.1, 0.15) is 17.7 Å². The average molecular weight is 478 g/mol. The maximum atomic E-state index is 13.4. The summed E-state index contributed by atoms with van der Waals surface area (Å²) in [5, 5.41) is 12.6. The number of sulfone groups is 1. The average Bonchev–Trinajstić information content (AvgIpc) is 3.17. The maximum absolute atomic E-state index is 13.4. The Hall–Kier alpha value is -2.37. The van der Waals surface area contributed by atoms with Crippen LogP contribution in [-0.4, -0.2) is 55.3 Å². The summed E-state index contributed by atoms with van der Waals surface area (Å²) in [5.74, 6) is 1.18. The van der Waals surface area contributed by atoms with Crippen molar-refractivity contribution in [1.29, 1.82) is 0 Å². The minimum absolute atomic E-state index is 0.218. The normalized spacial score (nSPS) is 18.0. The number of hydrogen-bond donors (Lipinski definition) is 0. The molecule has 0 saturated heterocycles. The second kappa shape index (κ2) is 8.20. The topological polar surface area (TPSA) is 118 Å². The number of aryl methyl sites for hydroxylation is 1. The van der Waals surface area contributed by atoms with Gasteiger partial charge in [0.05, 0.1) is 22.0 Å². The first-order valence-corrected chi connectivity index (χ1v) is 12.7. The van der Waals surface area contributed by atoms with Crippen LogP contribution in [0.3, 0.4) is 0 Å². The summed E-state index contributed by atoms with van der Waals surface area (Å²) in [5.41, 5.74) is 2.09. The third-order valence-electron chi connectivity index (χ3n) is 6.12. The summed E-state index contributed by atoms with van der Waals surface area (Å²) in [6, 6.07) is 0.218. The van der Waals surface area contributed by atoms with E-state index in [9.17, 15) is 8.42 Å². The Balaban J connectivity index is 1.45. The van der Waals surface area contributed by atoms with Gasteiger partial charge in [0.15, 0.2) is 21.5 Å². The van der Waals surface area contributed by atoms with E-state index in [1.165, 1.54) is 19.5 Å². The largest absolute Gasteiger partial charge is 0.372 e. The summed E-state index contributed by atoms with van der Waals surface area (Å²) in [6.45, 7) is 2.50. The van der Waals surface area contributed by atoms with E-state index >= 15 is 0 Å². The zero-order chi connectivity index (χ0) is 22.5. The van der Waals surface area contributed by atoms with Crippen LogP contribution in [-0.2, 0) is 33.3 Å². The van der Waals surface area contributed by atoms with Gasteiger partial charge in [-0.25, -0.2) is 18.4 Å². The van der Waals surface area contributed by atoms with Gasteiger partial charge in [0, 0.05) is 37.8 Å². The monoisotopic (exact) mass is 477 g/mol. The fourth-order valence-electron chi connectivity index (χ4n) is 4.25. The van der Waals surface area contributed by atoms with E-state index in [0.717, 1.165) is 43.5 Å². The number of methoxy groups -OCH3 is 1. The second-order valence-electron chi connectivity index (χ2n) is 8.30. The minimum Gasteiger partial charge on any atom is -0.372 e. The van der Waals surface area contributed by atoms with Gasteiger partial charge in [-0.15, -0.1) is 10.2 Å². The highest BCUT2D eigenvalue weighted by atomic mass is 35.5. The molecule has 32 heavy (non-hydrogen) atoms. The van der Waals surface area contributed by atoms with Crippen molar-refractivity contribution in [1.82, 2.24) is 34.5 Å². The Kier molecular flexibility index (Phi) is 5.50. The van der Waals surface area contributed by atoms with E-state index < -0.39 is 21.2 Å². The molecule has 170 valence electrons. The number of nitrogens with zero attached hydrogens (tertiary/aromatic N) is 7. The molecular formula is C20H24ClN7O3S. The fraction of sp³-hybridized carbons (Fsp3) is 0.550. The van der Waals surface area contributed by atoms with Crippen molar-refractivity contribution in [3.05, 3.63) is 41.0 Å². The highest BCUT2D eigenvalue weighted by Crippen LogP contribution is 2.40. The van der Waals surface area contributed by atoms with Gasteiger partial charge in [0.25, 0.3) is 0 Å². The predicted octanol–water partition coefficient (Wildman–Crippen LogP) is 2.56. The zero-order valence-corrected chi connectivity index (χ0v) is 19.4. The molecule has 3 aromatic heterocycles. The van der Waals surface area contributed by atoms with Gasteiger partial charge in [-0.2, -0.15) is 5.10 Å². The first-order valence-electron chi connectivity index (χ1n) is 10.6. The SMILES string of the molecule is CO[C@H](c1ncc(Cl)cn1)[C@H](C)S(=O)(=O)Cc1nnc(-c2cnn3c2CCC3)n1C1CC1. The zero-order valence-electron chi connectivity index (χ0n) is 17.8. The van der Waals surface area contributed by atoms with Crippen molar-refractivity contribution in [3.8, 4) is 11.4 Å². The third-order valence-corrected chi connectivity index (χ3v) is 8.36. The van der Waals surface area contributed by atoms with Crippen molar-refractivity contribution >= 4 is 21.4 Å². The van der Waals surface area contributed by atoms with E-state index in [0.29, 0.717) is 16.7 Å². The molecule has 0 amide bonds.